The van der Waals surface area contributed by atoms with Crippen molar-refractivity contribution in [1.82, 2.24) is 9.97 Å². The second-order valence-electron chi connectivity index (χ2n) is 8.71. The van der Waals surface area contributed by atoms with E-state index in [1.807, 2.05) is 13.8 Å². The highest BCUT2D eigenvalue weighted by molar-refractivity contribution is 6.33. The number of aromatic nitrogens is 2. The molecule has 182 valence electrons. The fourth-order valence-electron chi connectivity index (χ4n) is 4.02. The lowest BCUT2D eigenvalue weighted by Crippen LogP contribution is -2.29. The molecule has 3 nitrogen and oxygen atoms in total. The Morgan fingerprint density at radius 3 is 2.44 bits per heavy atom. The van der Waals surface area contributed by atoms with Crippen LogP contribution in [0.25, 0.3) is 22.6 Å². The van der Waals surface area contributed by atoms with Gasteiger partial charge in [-0.15, -0.1) is 0 Å². The predicted octanol–water partition coefficient (Wildman–Crippen LogP) is 7.72. The smallest absolute Gasteiger partial charge is 0.416 e. The zero-order valence-corrected chi connectivity index (χ0v) is 19.6. The number of fused-ring (bicyclic) bond motifs is 3. The van der Waals surface area contributed by atoms with Crippen molar-refractivity contribution >= 4 is 11.6 Å². The summed E-state index contributed by atoms with van der Waals surface area (Å²) in [7, 11) is 0. The van der Waals surface area contributed by atoms with Crippen LogP contribution in [-0.2, 0) is 11.8 Å². The van der Waals surface area contributed by atoms with E-state index in [1.165, 1.54) is 12.1 Å². The molecule has 1 aliphatic heterocycles. The number of hydrogen-bond donors (Lipinski definition) is 1. The highest BCUT2D eigenvalue weighted by Crippen LogP contribution is 2.45. The Bertz CT molecular complexity index is 1560. The van der Waals surface area contributed by atoms with E-state index in [1.54, 1.807) is 24.3 Å². The topological polar surface area (TPSA) is 37.9 Å². The van der Waals surface area contributed by atoms with Crippen molar-refractivity contribution in [2.75, 3.05) is 0 Å². The van der Waals surface area contributed by atoms with Gasteiger partial charge in [-0.05, 0) is 62.4 Å². The van der Waals surface area contributed by atoms with Gasteiger partial charge in [0.15, 0.2) is 0 Å². The van der Waals surface area contributed by atoms with Gasteiger partial charge in [-0.1, -0.05) is 29.5 Å². The third kappa shape index (κ3) is 4.31. The van der Waals surface area contributed by atoms with Crippen LogP contribution in [0.1, 0.15) is 36.2 Å². The Hall–Kier alpha value is -3.83. The molecule has 1 N–H and O–H groups in total. The van der Waals surface area contributed by atoms with Gasteiger partial charge < -0.3 is 9.72 Å². The van der Waals surface area contributed by atoms with Crippen LogP contribution < -0.4 is 4.74 Å². The molecule has 9 heteroatoms. The largest absolute Gasteiger partial charge is 0.481 e. The van der Waals surface area contributed by atoms with E-state index in [9.17, 15) is 22.0 Å². The summed E-state index contributed by atoms with van der Waals surface area (Å²) in [4.78, 5) is 7.73. The zero-order chi connectivity index (χ0) is 25.8. The first-order chi connectivity index (χ1) is 16.9. The molecule has 0 radical (unpaired) electrons. The van der Waals surface area contributed by atoms with Crippen molar-refractivity contribution in [3.8, 4) is 40.2 Å². The number of rotatable bonds is 1. The molecule has 0 saturated heterocycles. The highest BCUT2D eigenvalue weighted by Gasteiger charge is 2.37. The van der Waals surface area contributed by atoms with Crippen LogP contribution in [0.5, 0.6) is 5.75 Å². The van der Waals surface area contributed by atoms with Gasteiger partial charge in [0.2, 0.25) is 0 Å². The molecule has 1 aliphatic rings. The van der Waals surface area contributed by atoms with Crippen molar-refractivity contribution in [1.29, 1.82) is 0 Å². The molecule has 0 saturated carbocycles. The number of alkyl halides is 3. The Balaban J connectivity index is 1.55. The molecule has 5 rings (SSSR count). The number of imidazole rings is 1. The van der Waals surface area contributed by atoms with Crippen molar-refractivity contribution in [3.63, 3.8) is 0 Å². The molecular formula is C27H16ClF5N2O. The number of nitrogens with zero attached hydrogens (tertiary/aromatic N) is 1. The number of hydrogen-bond acceptors (Lipinski definition) is 2. The van der Waals surface area contributed by atoms with E-state index in [-0.39, 0.29) is 22.0 Å². The second kappa shape index (κ2) is 8.38. The number of benzene rings is 3. The normalized spacial score (nSPS) is 13.8. The van der Waals surface area contributed by atoms with Crippen molar-refractivity contribution < 1.29 is 26.7 Å². The van der Waals surface area contributed by atoms with E-state index in [2.05, 4.69) is 21.8 Å². The summed E-state index contributed by atoms with van der Waals surface area (Å²) >= 11 is 6.22. The number of ether oxygens (including phenoxy) is 1. The van der Waals surface area contributed by atoms with E-state index in [4.69, 9.17) is 16.3 Å². The Morgan fingerprint density at radius 2 is 1.72 bits per heavy atom. The Labute approximate surface area is 207 Å². The highest BCUT2D eigenvalue weighted by atomic mass is 35.5. The fraction of sp³-hybridized carbons (Fsp3) is 0.148. The molecular weight excluding hydrogens is 499 g/mol. The van der Waals surface area contributed by atoms with Crippen molar-refractivity contribution in [3.05, 3.63) is 93.6 Å². The average Bonchev–Trinajstić information content (AvgIpc) is 3.22. The Kier molecular flexibility index (Phi) is 5.56. The van der Waals surface area contributed by atoms with Gasteiger partial charge in [0, 0.05) is 16.7 Å². The van der Waals surface area contributed by atoms with Gasteiger partial charge in [0.1, 0.15) is 28.8 Å². The summed E-state index contributed by atoms with van der Waals surface area (Å²) in [5.74, 6) is 4.47. The number of H-pyrrole nitrogens is 1. The standard InChI is InChI=1S/C27H16ClF5N2O/c1-26(2)24-23(34-25(35-24)22-19(28)4-3-5-20(22)30)18-9-8-14(12-21(18)36-26)6-7-15-10-16(27(31,32)33)13-17(29)11-15/h3-5,8-13H,1-2H3,(H,34,35). The van der Waals surface area contributed by atoms with Gasteiger partial charge >= 0.3 is 6.18 Å². The molecule has 0 atom stereocenters. The summed E-state index contributed by atoms with van der Waals surface area (Å²) in [6, 6.07) is 11.5. The lowest BCUT2D eigenvalue weighted by atomic mass is 9.94. The maximum absolute atomic E-state index is 14.5. The first-order valence-electron chi connectivity index (χ1n) is 10.7. The molecule has 1 aromatic heterocycles. The minimum Gasteiger partial charge on any atom is -0.481 e. The Morgan fingerprint density at radius 1 is 0.972 bits per heavy atom. The first-order valence-corrected chi connectivity index (χ1v) is 11.1. The SMILES string of the molecule is CC1(C)Oc2cc(C#Cc3cc(F)cc(C(F)(F)F)c3)ccc2-c2nc(-c3c(F)cccc3Cl)[nH]c21. The number of aromatic amines is 1. The molecule has 0 bridgehead atoms. The third-order valence-electron chi connectivity index (χ3n) is 5.68. The molecule has 0 aliphatic carbocycles. The predicted molar refractivity (Wildman–Crippen MR) is 125 cm³/mol. The van der Waals surface area contributed by atoms with Gasteiger partial charge in [-0.25, -0.2) is 13.8 Å². The lowest BCUT2D eigenvalue weighted by Gasteiger charge is -2.31. The van der Waals surface area contributed by atoms with E-state index in [0.717, 1.165) is 12.1 Å². The number of nitrogens with one attached hydrogen (secondary N) is 1. The van der Waals surface area contributed by atoms with Crippen molar-refractivity contribution in [2.45, 2.75) is 25.6 Å². The second-order valence-corrected chi connectivity index (χ2v) is 9.11. The quantitative estimate of drug-likeness (QED) is 0.208. The molecule has 0 fully saturated rings. The zero-order valence-electron chi connectivity index (χ0n) is 18.8. The van der Waals surface area contributed by atoms with E-state index in [0.29, 0.717) is 34.3 Å². The van der Waals surface area contributed by atoms with E-state index < -0.39 is 29.0 Å². The summed E-state index contributed by atoms with van der Waals surface area (Å²) in [5.41, 5.74) is 0.288. The van der Waals surface area contributed by atoms with Gasteiger partial charge in [-0.3, -0.25) is 0 Å². The fourth-order valence-corrected chi connectivity index (χ4v) is 4.27. The van der Waals surface area contributed by atoms with Crippen LogP contribution in [-0.4, -0.2) is 9.97 Å². The maximum Gasteiger partial charge on any atom is 0.416 e. The number of halogens is 6. The van der Waals surface area contributed by atoms with Gasteiger partial charge in [0.25, 0.3) is 0 Å². The van der Waals surface area contributed by atoms with E-state index >= 15 is 0 Å². The molecule has 0 unspecified atom stereocenters. The minimum atomic E-state index is -4.68. The molecule has 2 heterocycles. The van der Waals surface area contributed by atoms with Gasteiger partial charge in [-0.2, -0.15) is 13.2 Å². The molecule has 3 aromatic carbocycles. The first kappa shape index (κ1) is 23.9. The van der Waals surface area contributed by atoms with Crippen LogP contribution in [0.3, 0.4) is 0 Å². The summed E-state index contributed by atoms with van der Waals surface area (Å²) < 4.78 is 73.3. The maximum atomic E-state index is 14.5. The lowest BCUT2D eigenvalue weighted by molar-refractivity contribution is -0.137. The summed E-state index contributed by atoms with van der Waals surface area (Å²) in [6.45, 7) is 3.62. The van der Waals surface area contributed by atoms with Gasteiger partial charge in [0.05, 0.1) is 27.5 Å². The van der Waals surface area contributed by atoms with Crippen LogP contribution >= 0.6 is 11.6 Å². The van der Waals surface area contributed by atoms with Crippen LogP contribution in [0, 0.1) is 23.5 Å². The minimum absolute atomic E-state index is 0.109. The summed E-state index contributed by atoms with van der Waals surface area (Å²) in [6.07, 6.45) is -4.68. The molecule has 36 heavy (non-hydrogen) atoms. The monoisotopic (exact) mass is 514 g/mol. The van der Waals surface area contributed by atoms with Crippen LogP contribution in [0.15, 0.2) is 54.6 Å². The molecule has 0 amide bonds. The third-order valence-corrected chi connectivity index (χ3v) is 6.00. The molecule has 0 spiro atoms. The summed E-state index contributed by atoms with van der Waals surface area (Å²) in [5, 5.41) is 0.205. The average molecular weight is 515 g/mol. The van der Waals surface area contributed by atoms with Crippen LogP contribution in [0.2, 0.25) is 5.02 Å². The molecule has 4 aromatic rings. The van der Waals surface area contributed by atoms with Crippen molar-refractivity contribution in [2.24, 2.45) is 0 Å². The van der Waals surface area contributed by atoms with Crippen LogP contribution in [0.4, 0.5) is 22.0 Å².